The van der Waals surface area contributed by atoms with Crippen LogP contribution in [0.1, 0.15) is 19.8 Å². The van der Waals surface area contributed by atoms with Crippen molar-refractivity contribution in [1.82, 2.24) is 10.2 Å². The average Bonchev–Trinajstić information content (AvgIpc) is 2.58. The fraction of sp³-hybridized carbons (Fsp3) is 0.588. The molecule has 6 heteroatoms. The lowest BCUT2D eigenvalue weighted by molar-refractivity contribution is 0.0264. The second-order valence-electron chi connectivity index (χ2n) is 5.42. The Morgan fingerprint density at radius 2 is 2.04 bits per heavy atom. The van der Waals surface area contributed by atoms with E-state index in [-0.39, 0.29) is 5.82 Å². The van der Waals surface area contributed by atoms with Crippen LogP contribution < -0.4 is 5.32 Å². The highest BCUT2D eigenvalue weighted by molar-refractivity contribution is 7.99. The van der Waals surface area contributed by atoms with E-state index < -0.39 is 0 Å². The highest BCUT2D eigenvalue weighted by Gasteiger charge is 2.21. The van der Waals surface area contributed by atoms with E-state index in [0.717, 1.165) is 55.7 Å². The van der Waals surface area contributed by atoms with Crippen LogP contribution in [0.4, 0.5) is 4.39 Å². The third-order valence-electron chi connectivity index (χ3n) is 3.82. The third-order valence-corrected chi connectivity index (χ3v) is 4.84. The van der Waals surface area contributed by atoms with Crippen LogP contribution in [-0.4, -0.2) is 56.0 Å². The first-order valence-corrected chi connectivity index (χ1v) is 9.17. The van der Waals surface area contributed by atoms with Crippen molar-refractivity contribution >= 4 is 17.7 Å². The molecule has 0 bridgehead atoms. The van der Waals surface area contributed by atoms with Crippen LogP contribution in [0.15, 0.2) is 34.2 Å². The molecule has 0 unspecified atom stereocenters. The number of nitrogens with one attached hydrogen (secondary N) is 1. The summed E-state index contributed by atoms with van der Waals surface area (Å²) in [6.45, 7) is 5.63. The maximum Gasteiger partial charge on any atom is 0.193 e. The van der Waals surface area contributed by atoms with E-state index >= 15 is 0 Å². The van der Waals surface area contributed by atoms with Crippen molar-refractivity contribution in [2.45, 2.75) is 30.8 Å². The Bertz CT molecular complexity index is 487. The second-order valence-corrected chi connectivity index (χ2v) is 6.59. The number of aliphatic imine (C=N–C) groups is 1. The number of piperidine rings is 1. The van der Waals surface area contributed by atoms with Crippen LogP contribution >= 0.6 is 11.8 Å². The molecule has 4 nitrogen and oxygen atoms in total. The highest BCUT2D eigenvalue weighted by Crippen LogP contribution is 2.17. The summed E-state index contributed by atoms with van der Waals surface area (Å²) in [6.07, 6.45) is 2.50. The lowest BCUT2D eigenvalue weighted by atomic mass is 10.1. The monoisotopic (exact) mass is 339 g/mol. The van der Waals surface area contributed by atoms with Gasteiger partial charge in [-0.3, -0.25) is 4.99 Å². The smallest absolute Gasteiger partial charge is 0.193 e. The second kappa shape index (κ2) is 9.78. The zero-order chi connectivity index (χ0) is 16.5. The lowest BCUT2D eigenvalue weighted by Crippen LogP contribution is -2.47. The summed E-state index contributed by atoms with van der Waals surface area (Å²) < 4.78 is 18.5. The van der Waals surface area contributed by atoms with Crippen LogP contribution in [0.5, 0.6) is 0 Å². The van der Waals surface area contributed by atoms with Gasteiger partial charge in [-0.1, -0.05) is 0 Å². The molecule has 1 heterocycles. The van der Waals surface area contributed by atoms with Gasteiger partial charge < -0.3 is 15.0 Å². The number of ether oxygens (including phenoxy) is 1. The Kier molecular flexibility index (Phi) is 7.68. The van der Waals surface area contributed by atoms with Crippen LogP contribution in [0.3, 0.4) is 0 Å². The summed E-state index contributed by atoms with van der Waals surface area (Å²) in [6, 6.07) is 6.62. The van der Waals surface area contributed by atoms with Crippen LogP contribution in [0, 0.1) is 5.82 Å². The Labute approximate surface area is 142 Å². The van der Waals surface area contributed by atoms with Crippen LogP contribution in [0.25, 0.3) is 0 Å². The molecule has 128 valence electrons. The first-order chi connectivity index (χ1) is 11.2. The number of guanidine groups is 1. The zero-order valence-corrected chi connectivity index (χ0v) is 14.7. The molecule has 1 aromatic carbocycles. The zero-order valence-electron chi connectivity index (χ0n) is 13.9. The number of likely N-dealkylation sites (tertiary alicyclic amines) is 1. The van der Waals surface area contributed by atoms with E-state index in [4.69, 9.17) is 4.74 Å². The maximum atomic E-state index is 12.9. The molecule has 0 spiro atoms. The Hall–Kier alpha value is -1.27. The summed E-state index contributed by atoms with van der Waals surface area (Å²) in [5, 5.41) is 3.41. The number of halogens is 1. The fourth-order valence-electron chi connectivity index (χ4n) is 2.66. The topological polar surface area (TPSA) is 36.9 Å². The molecule has 0 radical (unpaired) electrons. The minimum Gasteiger partial charge on any atom is -0.378 e. The molecular weight excluding hydrogens is 313 g/mol. The quantitative estimate of drug-likeness (QED) is 0.374. The van der Waals surface area contributed by atoms with E-state index in [1.54, 1.807) is 11.8 Å². The van der Waals surface area contributed by atoms with Gasteiger partial charge in [-0.25, -0.2) is 4.39 Å². The Morgan fingerprint density at radius 1 is 1.35 bits per heavy atom. The van der Waals surface area contributed by atoms with Gasteiger partial charge in [0.1, 0.15) is 5.82 Å². The van der Waals surface area contributed by atoms with Gasteiger partial charge in [0.05, 0.1) is 6.10 Å². The molecule has 1 N–H and O–H groups in total. The number of benzene rings is 1. The molecule has 2 rings (SSSR count). The molecule has 1 aliphatic heterocycles. The number of hydrogen-bond acceptors (Lipinski definition) is 3. The Morgan fingerprint density at radius 3 is 2.65 bits per heavy atom. The summed E-state index contributed by atoms with van der Waals surface area (Å²) in [5.41, 5.74) is 0. The number of hydrogen-bond donors (Lipinski definition) is 1. The summed E-state index contributed by atoms with van der Waals surface area (Å²) in [5.74, 6) is 1.68. The molecule has 23 heavy (non-hydrogen) atoms. The van der Waals surface area contributed by atoms with Crippen molar-refractivity contribution in [3.8, 4) is 0 Å². The van der Waals surface area contributed by atoms with E-state index in [1.807, 2.05) is 26.1 Å². The van der Waals surface area contributed by atoms with Gasteiger partial charge in [-0.05, 0) is 44.0 Å². The van der Waals surface area contributed by atoms with Gasteiger partial charge in [0, 0.05) is 43.9 Å². The molecule has 0 aliphatic carbocycles. The maximum absolute atomic E-state index is 12.9. The predicted molar refractivity (Wildman–Crippen MR) is 94.7 cm³/mol. The predicted octanol–water partition coefficient (Wildman–Crippen LogP) is 2.99. The first kappa shape index (κ1) is 18.1. The van der Waals surface area contributed by atoms with Gasteiger partial charge in [-0.15, -0.1) is 11.8 Å². The van der Waals surface area contributed by atoms with Crippen molar-refractivity contribution in [1.29, 1.82) is 0 Å². The first-order valence-electron chi connectivity index (χ1n) is 8.18. The summed E-state index contributed by atoms with van der Waals surface area (Å²) in [7, 11) is 1.82. The molecular formula is C17H26FN3OS. The van der Waals surface area contributed by atoms with Gasteiger partial charge in [0.15, 0.2) is 5.96 Å². The van der Waals surface area contributed by atoms with Crippen LogP contribution in [0.2, 0.25) is 0 Å². The molecule has 1 fully saturated rings. The average molecular weight is 339 g/mol. The standard InChI is InChI=1S/C17H26FN3OS/c1-3-22-15-8-11-21(12-9-15)17(19-2)20-10-13-23-16-6-4-14(18)5-7-16/h4-7,15H,3,8-13H2,1-2H3,(H,19,20). The molecule has 0 amide bonds. The van der Waals surface area contributed by atoms with Gasteiger partial charge in [-0.2, -0.15) is 0 Å². The number of nitrogens with zero attached hydrogens (tertiary/aromatic N) is 2. The number of thioether (sulfide) groups is 1. The minimum absolute atomic E-state index is 0.191. The van der Waals surface area contributed by atoms with E-state index in [1.165, 1.54) is 12.1 Å². The van der Waals surface area contributed by atoms with E-state index in [2.05, 4.69) is 15.2 Å². The Balaban J connectivity index is 1.68. The van der Waals surface area contributed by atoms with Crippen molar-refractivity contribution in [3.63, 3.8) is 0 Å². The normalized spacial score (nSPS) is 16.7. The largest absolute Gasteiger partial charge is 0.378 e. The molecule has 1 aliphatic rings. The molecule has 0 saturated carbocycles. The lowest BCUT2D eigenvalue weighted by Gasteiger charge is -2.34. The summed E-state index contributed by atoms with van der Waals surface area (Å²) >= 11 is 1.71. The summed E-state index contributed by atoms with van der Waals surface area (Å²) in [4.78, 5) is 7.74. The van der Waals surface area contributed by atoms with E-state index in [0.29, 0.717) is 6.10 Å². The van der Waals surface area contributed by atoms with E-state index in [9.17, 15) is 4.39 Å². The van der Waals surface area contributed by atoms with Crippen molar-refractivity contribution in [2.75, 3.05) is 39.0 Å². The molecule has 0 aromatic heterocycles. The van der Waals surface area contributed by atoms with Crippen molar-refractivity contribution in [2.24, 2.45) is 4.99 Å². The fourth-order valence-corrected chi connectivity index (χ4v) is 3.43. The van der Waals surface area contributed by atoms with Gasteiger partial charge >= 0.3 is 0 Å². The van der Waals surface area contributed by atoms with Crippen LogP contribution in [-0.2, 0) is 4.74 Å². The minimum atomic E-state index is -0.191. The molecule has 0 atom stereocenters. The van der Waals surface area contributed by atoms with Crippen molar-refractivity contribution in [3.05, 3.63) is 30.1 Å². The van der Waals surface area contributed by atoms with Gasteiger partial charge in [0.2, 0.25) is 0 Å². The molecule has 1 saturated heterocycles. The van der Waals surface area contributed by atoms with Gasteiger partial charge in [0.25, 0.3) is 0 Å². The van der Waals surface area contributed by atoms with Crippen molar-refractivity contribution < 1.29 is 9.13 Å². The molecule has 1 aromatic rings. The number of rotatable bonds is 6. The highest BCUT2D eigenvalue weighted by atomic mass is 32.2. The SMILES string of the molecule is CCOC1CCN(C(=NC)NCCSc2ccc(F)cc2)CC1. The third kappa shape index (κ3) is 6.03.